The van der Waals surface area contributed by atoms with Crippen LogP contribution < -0.4 is 4.90 Å². The van der Waals surface area contributed by atoms with Gasteiger partial charge >= 0.3 is 24.1 Å². The van der Waals surface area contributed by atoms with Gasteiger partial charge in [-0.25, -0.2) is 19.2 Å². The molecule has 14 heteroatoms. The minimum Gasteiger partial charge on any atom is -0.466 e. The molecule has 13 nitrogen and oxygen atoms in total. The van der Waals surface area contributed by atoms with Crippen molar-refractivity contribution in [2.45, 2.75) is 25.3 Å². The van der Waals surface area contributed by atoms with Crippen molar-refractivity contribution >= 4 is 57.4 Å². The van der Waals surface area contributed by atoms with E-state index in [4.69, 9.17) is 4.74 Å². The zero-order valence-corrected chi connectivity index (χ0v) is 24.3. The van der Waals surface area contributed by atoms with Crippen molar-refractivity contribution in [3.8, 4) is 0 Å². The Balaban J connectivity index is 1.02. The first-order valence-corrected chi connectivity index (χ1v) is 14.8. The second kappa shape index (κ2) is 13.3. The number of methoxy groups -OCH3 is 1. The zero-order chi connectivity index (χ0) is 29.6. The number of rotatable bonds is 8. The van der Waals surface area contributed by atoms with Crippen molar-refractivity contribution in [3.63, 3.8) is 0 Å². The first-order chi connectivity index (χ1) is 20.3. The summed E-state index contributed by atoms with van der Waals surface area (Å²) in [6, 6.07) is 7.48. The lowest BCUT2D eigenvalue weighted by Crippen LogP contribution is -2.64. The minimum absolute atomic E-state index is 0.0841. The summed E-state index contributed by atoms with van der Waals surface area (Å²) in [6.45, 7) is 5.45. The quantitative estimate of drug-likeness (QED) is 0.192. The van der Waals surface area contributed by atoms with Crippen LogP contribution in [0, 0.1) is 0 Å². The molecule has 2 aromatic rings. The van der Waals surface area contributed by atoms with Gasteiger partial charge in [0.05, 0.1) is 17.9 Å². The van der Waals surface area contributed by atoms with E-state index in [0.29, 0.717) is 13.0 Å². The van der Waals surface area contributed by atoms with Gasteiger partial charge < -0.3 is 24.2 Å². The summed E-state index contributed by atoms with van der Waals surface area (Å²) in [5.41, 5.74) is 0. The highest BCUT2D eigenvalue weighted by Gasteiger charge is 2.42. The Morgan fingerprint density at radius 3 is 2.50 bits per heavy atom. The van der Waals surface area contributed by atoms with Gasteiger partial charge in [0.1, 0.15) is 5.82 Å². The molecule has 42 heavy (non-hydrogen) atoms. The molecule has 0 aliphatic carbocycles. The topological polar surface area (TPSA) is 133 Å². The highest BCUT2D eigenvalue weighted by atomic mass is 32.1. The summed E-state index contributed by atoms with van der Waals surface area (Å²) in [5, 5.41) is 1.20. The van der Waals surface area contributed by atoms with Crippen LogP contribution in [-0.4, -0.2) is 126 Å². The summed E-state index contributed by atoms with van der Waals surface area (Å²) >= 11 is 1.53. The van der Waals surface area contributed by atoms with E-state index >= 15 is 0 Å². The normalized spacial score (nSPS) is 19.9. The van der Waals surface area contributed by atoms with Crippen LogP contribution in [0.15, 0.2) is 36.4 Å². The number of amides is 4. The molecule has 4 heterocycles. The molecule has 3 saturated heterocycles. The molecule has 224 valence electrons. The Bertz CT molecular complexity index is 1370. The number of urea groups is 1. The number of hydrogen-bond donors (Lipinski definition) is 0. The number of carbonyl (C=O) groups excluding carboxylic acids is 5. The van der Waals surface area contributed by atoms with Gasteiger partial charge in [0.2, 0.25) is 5.91 Å². The van der Waals surface area contributed by atoms with E-state index in [0.717, 1.165) is 64.2 Å². The molecule has 5 rings (SSSR count). The highest BCUT2D eigenvalue weighted by Crippen LogP contribution is 2.30. The number of hydrogen-bond acceptors (Lipinski definition) is 11. The fourth-order valence-corrected chi connectivity index (χ4v) is 6.32. The SMILES string of the molecule is COC(=O)/C=C/C(=O)OC(=O)N1CCN2C(=O)N(CCCCN3CCN(c4nsc5ccccc45)CC3)C(=O)CC2C1. The lowest BCUT2D eigenvalue weighted by atomic mass is 10.0. The van der Waals surface area contributed by atoms with Crippen molar-refractivity contribution < 1.29 is 33.4 Å². The molecule has 1 aromatic heterocycles. The summed E-state index contributed by atoms with van der Waals surface area (Å²) in [6.07, 6.45) is 2.45. The third-order valence-electron chi connectivity index (χ3n) is 7.81. The van der Waals surface area contributed by atoms with Gasteiger partial charge in [0, 0.05) is 76.3 Å². The number of imide groups is 1. The third kappa shape index (κ3) is 6.71. The van der Waals surface area contributed by atoms with E-state index < -0.39 is 24.1 Å². The highest BCUT2D eigenvalue weighted by molar-refractivity contribution is 7.13. The Labute approximate surface area is 247 Å². The van der Waals surface area contributed by atoms with Gasteiger partial charge in [-0.15, -0.1) is 0 Å². The predicted octanol–water partition coefficient (Wildman–Crippen LogP) is 1.93. The van der Waals surface area contributed by atoms with Crippen LogP contribution in [0.25, 0.3) is 10.1 Å². The van der Waals surface area contributed by atoms with Gasteiger partial charge in [-0.1, -0.05) is 12.1 Å². The summed E-state index contributed by atoms with van der Waals surface area (Å²) < 4.78 is 15.0. The van der Waals surface area contributed by atoms with Crippen LogP contribution in [0.3, 0.4) is 0 Å². The van der Waals surface area contributed by atoms with Crippen LogP contribution >= 0.6 is 11.5 Å². The maximum Gasteiger partial charge on any atom is 0.417 e. The largest absolute Gasteiger partial charge is 0.466 e. The maximum atomic E-state index is 13.1. The number of ether oxygens (including phenoxy) is 2. The number of benzene rings is 1. The summed E-state index contributed by atoms with van der Waals surface area (Å²) in [7, 11) is 1.16. The fraction of sp³-hybridized carbons (Fsp3) is 0.500. The molecule has 0 bridgehead atoms. The molecule has 0 N–H and O–H groups in total. The van der Waals surface area contributed by atoms with Crippen molar-refractivity contribution in [3.05, 3.63) is 36.4 Å². The molecule has 1 unspecified atom stereocenters. The van der Waals surface area contributed by atoms with E-state index in [2.05, 4.69) is 31.0 Å². The first kappa shape index (κ1) is 29.5. The maximum absolute atomic E-state index is 13.1. The number of piperazine rings is 2. The van der Waals surface area contributed by atoms with E-state index in [9.17, 15) is 24.0 Å². The van der Waals surface area contributed by atoms with Crippen LogP contribution in [0.2, 0.25) is 0 Å². The predicted molar refractivity (Wildman–Crippen MR) is 154 cm³/mol. The number of fused-ring (bicyclic) bond motifs is 2. The van der Waals surface area contributed by atoms with Gasteiger partial charge in [-0.05, 0) is 43.1 Å². The molecule has 3 fully saturated rings. The Morgan fingerprint density at radius 1 is 0.976 bits per heavy atom. The average Bonchev–Trinajstić information content (AvgIpc) is 3.43. The second-order valence-corrected chi connectivity index (χ2v) is 11.2. The Hall–Kier alpha value is -4.04. The number of anilines is 1. The van der Waals surface area contributed by atoms with E-state index in [1.807, 2.05) is 12.1 Å². The molecule has 1 atom stereocenters. The first-order valence-electron chi connectivity index (χ1n) is 14.0. The molecule has 0 radical (unpaired) electrons. The smallest absolute Gasteiger partial charge is 0.417 e. The summed E-state index contributed by atoms with van der Waals surface area (Å²) in [5.74, 6) is -0.965. The molecule has 0 spiro atoms. The van der Waals surface area contributed by atoms with Gasteiger partial charge in [0.25, 0.3) is 0 Å². The number of unbranched alkanes of at least 4 members (excludes halogenated alkanes) is 1. The van der Waals surface area contributed by atoms with Crippen molar-refractivity contribution in [1.29, 1.82) is 0 Å². The molecule has 4 amide bonds. The number of carbonyl (C=O) groups is 5. The average molecular weight is 599 g/mol. The lowest BCUT2D eigenvalue weighted by Gasteiger charge is -2.45. The van der Waals surface area contributed by atoms with Crippen LogP contribution in [0.4, 0.5) is 15.4 Å². The minimum atomic E-state index is -1.01. The van der Waals surface area contributed by atoms with Crippen LogP contribution in [0.1, 0.15) is 19.3 Å². The standard InChI is InChI=1S/C28H34N6O7S/c1-40-24(36)8-9-25(37)41-28(39)32-16-17-33-20(19-32)18-23(35)34(27(33)38)11-5-4-10-30-12-14-31(15-13-30)26-21-6-2-3-7-22(21)42-29-26/h2-3,6-9,20H,4-5,10-19H2,1H3/b9-8+. The third-order valence-corrected chi connectivity index (χ3v) is 8.63. The number of nitrogens with zero attached hydrogens (tertiary/aromatic N) is 6. The van der Waals surface area contributed by atoms with E-state index in [1.54, 1.807) is 4.90 Å². The molecule has 3 aliphatic rings. The van der Waals surface area contributed by atoms with Crippen LogP contribution in [-0.2, 0) is 23.9 Å². The van der Waals surface area contributed by atoms with Crippen molar-refractivity contribution in [2.24, 2.45) is 0 Å². The number of esters is 2. The Morgan fingerprint density at radius 2 is 1.71 bits per heavy atom. The monoisotopic (exact) mass is 598 g/mol. The molecule has 1 aromatic carbocycles. The molecular formula is C28H34N6O7S. The summed E-state index contributed by atoms with van der Waals surface area (Å²) in [4.78, 5) is 70.2. The second-order valence-electron chi connectivity index (χ2n) is 10.4. The van der Waals surface area contributed by atoms with Crippen molar-refractivity contribution in [1.82, 2.24) is 24.0 Å². The van der Waals surface area contributed by atoms with Gasteiger partial charge in [-0.3, -0.25) is 14.6 Å². The van der Waals surface area contributed by atoms with Crippen molar-refractivity contribution in [2.75, 3.05) is 70.9 Å². The molecule has 0 saturated carbocycles. The molecular weight excluding hydrogens is 564 g/mol. The lowest BCUT2D eigenvalue weighted by molar-refractivity contribution is -0.137. The van der Waals surface area contributed by atoms with Crippen LogP contribution in [0.5, 0.6) is 0 Å². The fourth-order valence-electron chi connectivity index (χ4n) is 5.52. The van der Waals surface area contributed by atoms with Gasteiger partial charge in [-0.2, -0.15) is 4.37 Å². The molecule has 3 aliphatic heterocycles. The zero-order valence-electron chi connectivity index (χ0n) is 23.5. The van der Waals surface area contributed by atoms with E-state index in [-0.39, 0.29) is 38.0 Å². The van der Waals surface area contributed by atoms with E-state index in [1.165, 1.54) is 31.4 Å². The number of aromatic nitrogens is 1. The Kier molecular flexibility index (Phi) is 9.32. The van der Waals surface area contributed by atoms with Gasteiger partial charge in [0.15, 0.2) is 0 Å².